The van der Waals surface area contributed by atoms with Gasteiger partial charge in [0, 0.05) is 19.5 Å². The molecule has 0 radical (unpaired) electrons. The van der Waals surface area contributed by atoms with E-state index in [1.165, 1.54) is 4.90 Å². The lowest BCUT2D eigenvalue weighted by atomic mass is 9.94. The first-order chi connectivity index (χ1) is 15.3. The SMILES string of the molecule is CCCC(C)(NC(=O)OCC1c2ccccc2-c2ccccc21)C(=O)N(C)CCC(=O)O. The van der Waals surface area contributed by atoms with Crippen molar-refractivity contribution < 1.29 is 24.2 Å². The van der Waals surface area contributed by atoms with Crippen molar-refractivity contribution >= 4 is 18.0 Å². The van der Waals surface area contributed by atoms with Crippen molar-refractivity contribution in [3.05, 3.63) is 59.7 Å². The van der Waals surface area contributed by atoms with Crippen LogP contribution in [-0.2, 0) is 14.3 Å². The Kier molecular flexibility index (Phi) is 7.18. The summed E-state index contributed by atoms with van der Waals surface area (Å²) < 4.78 is 5.59. The molecule has 7 heteroatoms. The van der Waals surface area contributed by atoms with Crippen LogP contribution in [0, 0.1) is 0 Å². The Morgan fingerprint density at radius 1 is 1.06 bits per heavy atom. The van der Waals surface area contributed by atoms with Gasteiger partial charge in [-0.25, -0.2) is 4.79 Å². The highest BCUT2D eigenvalue weighted by Crippen LogP contribution is 2.44. The molecule has 0 heterocycles. The van der Waals surface area contributed by atoms with Crippen molar-refractivity contribution in [2.45, 2.75) is 44.6 Å². The summed E-state index contributed by atoms with van der Waals surface area (Å²) >= 11 is 0. The first-order valence-corrected chi connectivity index (χ1v) is 10.9. The van der Waals surface area contributed by atoms with E-state index in [2.05, 4.69) is 17.4 Å². The summed E-state index contributed by atoms with van der Waals surface area (Å²) in [7, 11) is 1.54. The van der Waals surface area contributed by atoms with Crippen LogP contribution in [0.4, 0.5) is 4.79 Å². The molecule has 3 rings (SSSR count). The number of hydrogen-bond acceptors (Lipinski definition) is 4. The topological polar surface area (TPSA) is 95.9 Å². The van der Waals surface area contributed by atoms with Gasteiger partial charge in [0.25, 0.3) is 0 Å². The smallest absolute Gasteiger partial charge is 0.408 e. The maximum atomic E-state index is 13.0. The zero-order valence-corrected chi connectivity index (χ0v) is 18.8. The average Bonchev–Trinajstić information content (AvgIpc) is 3.09. The highest BCUT2D eigenvalue weighted by molar-refractivity contribution is 5.89. The van der Waals surface area contributed by atoms with E-state index >= 15 is 0 Å². The predicted octanol–water partition coefficient (Wildman–Crippen LogP) is 4.02. The number of aliphatic carboxylic acids is 1. The third-order valence-corrected chi connectivity index (χ3v) is 5.95. The molecule has 2 aromatic carbocycles. The van der Waals surface area contributed by atoms with Gasteiger partial charge in [0.15, 0.2) is 0 Å². The summed E-state index contributed by atoms with van der Waals surface area (Å²) in [6, 6.07) is 16.2. The number of nitrogens with one attached hydrogen (secondary N) is 1. The van der Waals surface area contributed by atoms with Crippen LogP contribution in [0.3, 0.4) is 0 Å². The number of carboxylic acids is 1. The molecule has 0 saturated carbocycles. The molecule has 1 atom stereocenters. The van der Waals surface area contributed by atoms with Gasteiger partial charge in [-0.2, -0.15) is 0 Å². The molecule has 0 spiro atoms. The zero-order valence-electron chi connectivity index (χ0n) is 18.8. The molecular formula is C25H30N2O5. The molecule has 0 fully saturated rings. The van der Waals surface area contributed by atoms with Crippen LogP contribution in [0.2, 0.25) is 0 Å². The molecule has 0 aromatic heterocycles. The molecule has 0 saturated heterocycles. The third-order valence-electron chi connectivity index (χ3n) is 5.95. The van der Waals surface area contributed by atoms with Gasteiger partial charge in [-0.15, -0.1) is 0 Å². The summed E-state index contributed by atoms with van der Waals surface area (Å²) in [6.07, 6.45) is 0.254. The Hall–Kier alpha value is -3.35. The standard InChI is InChI=1S/C25H30N2O5/c1-4-14-25(2,23(30)27(3)15-13-22(28)29)26-24(31)32-16-21-19-11-7-5-9-17(19)18-10-6-8-12-20(18)21/h5-12,21H,4,13-16H2,1-3H3,(H,26,31)(H,28,29). The molecule has 32 heavy (non-hydrogen) atoms. The summed E-state index contributed by atoms with van der Waals surface area (Å²) in [5.41, 5.74) is 3.33. The first-order valence-electron chi connectivity index (χ1n) is 10.9. The fraction of sp³-hybridized carbons (Fsp3) is 0.400. The number of carboxylic acid groups (broad SMARTS) is 1. The molecule has 1 aliphatic carbocycles. The van der Waals surface area contributed by atoms with E-state index in [-0.39, 0.29) is 31.4 Å². The second kappa shape index (κ2) is 9.85. The van der Waals surface area contributed by atoms with Crippen LogP contribution in [-0.4, -0.2) is 53.7 Å². The molecule has 2 aromatic rings. The van der Waals surface area contributed by atoms with Gasteiger partial charge in [0.05, 0.1) is 6.42 Å². The second-order valence-electron chi connectivity index (χ2n) is 8.40. The van der Waals surface area contributed by atoms with Crippen LogP contribution < -0.4 is 5.32 Å². The van der Waals surface area contributed by atoms with Crippen molar-refractivity contribution in [2.24, 2.45) is 0 Å². The lowest BCUT2D eigenvalue weighted by molar-refractivity contribution is -0.140. The van der Waals surface area contributed by atoms with Crippen LogP contribution in [0.25, 0.3) is 11.1 Å². The lowest BCUT2D eigenvalue weighted by Crippen LogP contribution is -2.57. The number of benzene rings is 2. The average molecular weight is 439 g/mol. The van der Waals surface area contributed by atoms with Crippen LogP contribution in [0.15, 0.2) is 48.5 Å². The number of alkyl carbamates (subject to hydrolysis) is 1. The maximum Gasteiger partial charge on any atom is 0.408 e. The second-order valence-corrected chi connectivity index (χ2v) is 8.40. The van der Waals surface area contributed by atoms with Gasteiger partial charge in [0.1, 0.15) is 12.1 Å². The van der Waals surface area contributed by atoms with Gasteiger partial charge in [-0.3, -0.25) is 9.59 Å². The number of carbonyl (C=O) groups is 3. The van der Waals surface area contributed by atoms with Crippen molar-refractivity contribution in [3.63, 3.8) is 0 Å². The fourth-order valence-electron chi connectivity index (χ4n) is 4.37. The van der Waals surface area contributed by atoms with Gasteiger partial charge < -0.3 is 20.1 Å². The molecule has 2 amide bonds. The third kappa shape index (κ3) is 4.93. The highest BCUT2D eigenvalue weighted by atomic mass is 16.5. The Morgan fingerprint density at radius 3 is 2.16 bits per heavy atom. The fourth-order valence-corrected chi connectivity index (χ4v) is 4.37. The quantitative estimate of drug-likeness (QED) is 0.617. The molecule has 170 valence electrons. The number of fused-ring (bicyclic) bond motifs is 3. The number of nitrogens with zero attached hydrogens (tertiary/aromatic N) is 1. The summed E-state index contributed by atoms with van der Waals surface area (Å²) in [6.45, 7) is 3.80. The van der Waals surface area contributed by atoms with Crippen LogP contribution >= 0.6 is 0 Å². The number of ether oxygens (including phenoxy) is 1. The van der Waals surface area contributed by atoms with Crippen LogP contribution in [0.1, 0.15) is 50.2 Å². The summed E-state index contributed by atoms with van der Waals surface area (Å²) in [5.74, 6) is -1.39. The van der Waals surface area contributed by atoms with Crippen LogP contribution in [0.5, 0.6) is 0 Å². The Balaban J connectivity index is 1.68. The van der Waals surface area contributed by atoms with E-state index in [0.717, 1.165) is 22.3 Å². The normalized spacial score (nSPS) is 14.1. The predicted molar refractivity (Wildman–Crippen MR) is 121 cm³/mol. The molecule has 2 N–H and O–H groups in total. The van der Waals surface area contributed by atoms with Crippen molar-refractivity contribution in [2.75, 3.05) is 20.2 Å². The number of carbonyl (C=O) groups excluding carboxylic acids is 2. The maximum absolute atomic E-state index is 13.0. The van der Waals surface area contributed by atoms with Gasteiger partial charge in [-0.1, -0.05) is 61.9 Å². The first kappa shape index (κ1) is 23.3. The molecule has 1 aliphatic rings. The minimum Gasteiger partial charge on any atom is -0.481 e. The van der Waals surface area contributed by atoms with Gasteiger partial charge in [0.2, 0.25) is 5.91 Å². The molecule has 0 bridgehead atoms. The molecule has 1 unspecified atom stereocenters. The summed E-state index contributed by atoms with van der Waals surface area (Å²) in [5, 5.41) is 11.6. The van der Waals surface area contributed by atoms with E-state index < -0.39 is 17.6 Å². The van der Waals surface area contributed by atoms with E-state index in [9.17, 15) is 14.4 Å². The Morgan fingerprint density at radius 2 is 1.62 bits per heavy atom. The molecule has 0 aliphatic heterocycles. The number of rotatable bonds is 9. The molecular weight excluding hydrogens is 408 g/mol. The minimum atomic E-state index is -1.18. The highest BCUT2D eigenvalue weighted by Gasteiger charge is 2.37. The zero-order chi connectivity index (χ0) is 23.3. The monoisotopic (exact) mass is 438 g/mol. The number of amides is 2. The number of hydrogen-bond donors (Lipinski definition) is 2. The minimum absolute atomic E-state index is 0.0693. The van der Waals surface area contributed by atoms with E-state index in [0.29, 0.717) is 12.8 Å². The van der Waals surface area contributed by atoms with Crippen molar-refractivity contribution in [3.8, 4) is 11.1 Å². The van der Waals surface area contributed by atoms with Crippen molar-refractivity contribution in [1.82, 2.24) is 10.2 Å². The lowest BCUT2D eigenvalue weighted by Gasteiger charge is -2.33. The van der Waals surface area contributed by atoms with E-state index in [1.54, 1.807) is 14.0 Å². The van der Waals surface area contributed by atoms with E-state index in [4.69, 9.17) is 9.84 Å². The van der Waals surface area contributed by atoms with Crippen molar-refractivity contribution in [1.29, 1.82) is 0 Å². The Labute approximate surface area is 188 Å². The van der Waals surface area contributed by atoms with Gasteiger partial charge in [-0.05, 0) is 35.6 Å². The Bertz CT molecular complexity index is 960. The van der Waals surface area contributed by atoms with Gasteiger partial charge >= 0.3 is 12.1 Å². The summed E-state index contributed by atoms with van der Waals surface area (Å²) in [4.78, 5) is 37.8. The largest absolute Gasteiger partial charge is 0.481 e. The molecule has 7 nitrogen and oxygen atoms in total. The van der Waals surface area contributed by atoms with E-state index in [1.807, 2.05) is 43.3 Å². The number of likely N-dealkylation sites (N-methyl/N-ethyl adjacent to an activating group) is 1.